The van der Waals surface area contributed by atoms with E-state index >= 15 is 0 Å². The molecule has 11 heteroatoms. The number of piperidine rings is 1. The fraction of sp³-hybridized carbons (Fsp3) is 0.517. The molecule has 216 valence electrons. The fourth-order valence-corrected chi connectivity index (χ4v) is 4.78. The fourth-order valence-electron chi connectivity index (χ4n) is 4.78. The van der Waals surface area contributed by atoms with E-state index in [-0.39, 0.29) is 12.3 Å². The van der Waals surface area contributed by atoms with Gasteiger partial charge in [0.2, 0.25) is 5.95 Å². The monoisotopic (exact) mass is 556 g/mol. The van der Waals surface area contributed by atoms with Gasteiger partial charge in [-0.25, -0.2) is 18.7 Å². The second-order valence-electron chi connectivity index (χ2n) is 10.9. The summed E-state index contributed by atoms with van der Waals surface area (Å²) < 4.78 is 36.2. The van der Waals surface area contributed by atoms with Crippen LogP contribution in [-0.2, 0) is 6.54 Å². The van der Waals surface area contributed by atoms with E-state index in [2.05, 4.69) is 39.1 Å². The first-order valence-electron chi connectivity index (χ1n) is 13.9. The van der Waals surface area contributed by atoms with Gasteiger partial charge in [0.15, 0.2) is 0 Å². The first-order valence-corrected chi connectivity index (χ1v) is 13.9. The van der Waals surface area contributed by atoms with Crippen LogP contribution in [0.5, 0.6) is 5.75 Å². The summed E-state index contributed by atoms with van der Waals surface area (Å²) in [7, 11) is 0. The maximum absolute atomic E-state index is 14.4. The van der Waals surface area contributed by atoms with Crippen LogP contribution in [0, 0.1) is 23.5 Å². The van der Waals surface area contributed by atoms with Gasteiger partial charge in [0, 0.05) is 68.0 Å². The Kier molecular flexibility index (Phi) is 10.0. The van der Waals surface area contributed by atoms with Gasteiger partial charge in [0.1, 0.15) is 22.9 Å². The van der Waals surface area contributed by atoms with Crippen molar-refractivity contribution in [1.82, 2.24) is 25.1 Å². The number of carbonyl (C=O) groups excluding carboxylic acids is 1. The SMILES string of the molecule is CC(C)Cn1cc(-c2cnc(N3CCC(CCCOc4cc(F)c(C(=O)NC[C@@H](C)O)c(F)c4)CC3)nc2)cn1. The number of amides is 1. The molecule has 1 aliphatic rings. The standard InChI is InChI=1S/C29H38F2N6O3/c1-19(2)17-37-18-23(16-35-37)22-14-33-29(34-15-22)36-8-6-21(7-9-36)5-4-10-40-24-11-25(30)27(26(31)12-24)28(39)32-13-20(3)38/h11-12,14-16,18-21,38H,4-10,13,17H2,1-3H3,(H,32,39)/t20-/m1/s1. The molecule has 3 heterocycles. The lowest BCUT2D eigenvalue weighted by atomic mass is 9.92. The molecule has 1 aliphatic heterocycles. The predicted octanol–water partition coefficient (Wildman–Crippen LogP) is 4.46. The van der Waals surface area contributed by atoms with E-state index in [1.165, 1.54) is 6.92 Å². The molecule has 0 radical (unpaired) electrons. The van der Waals surface area contributed by atoms with Gasteiger partial charge >= 0.3 is 0 Å². The molecule has 2 N–H and O–H groups in total. The molecular formula is C29H38F2N6O3. The topological polar surface area (TPSA) is 105 Å². The van der Waals surface area contributed by atoms with Crippen LogP contribution in [0.4, 0.5) is 14.7 Å². The molecule has 3 aromatic rings. The van der Waals surface area contributed by atoms with E-state index in [1.807, 2.05) is 29.5 Å². The zero-order valence-corrected chi connectivity index (χ0v) is 23.3. The number of rotatable bonds is 12. The lowest BCUT2D eigenvalue weighted by Gasteiger charge is -2.32. The third-order valence-electron chi connectivity index (χ3n) is 6.88. The number of aliphatic hydroxyl groups is 1. The van der Waals surface area contributed by atoms with Crippen molar-refractivity contribution < 1.29 is 23.4 Å². The summed E-state index contributed by atoms with van der Waals surface area (Å²) in [6.07, 6.45) is 10.5. The minimum absolute atomic E-state index is 0.0461. The van der Waals surface area contributed by atoms with Crippen LogP contribution >= 0.6 is 0 Å². The lowest BCUT2D eigenvalue weighted by Crippen LogP contribution is -2.34. The molecule has 1 atom stereocenters. The summed E-state index contributed by atoms with van der Waals surface area (Å²) in [5.74, 6) is -1.08. The number of hydrogen-bond acceptors (Lipinski definition) is 7. The smallest absolute Gasteiger partial charge is 0.257 e. The van der Waals surface area contributed by atoms with Gasteiger partial charge in [-0.1, -0.05) is 13.8 Å². The quantitative estimate of drug-likeness (QED) is 0.317. The molecule has 9 nitrogen and oxygen atoms in total. The van der Waals surface area contributed by atoms with Gasteiger partial charge in [-0.15, -0.1) is 0 Å². The number of anilines is 1. The number of nitrogens with one attached hydrogen (secondary N) is 1. The lowest BCUT2D eigenvalue weighted by molar-refractivity contribution is 0.0915. The minimum atomic E-state index is -0.998. The Balaban J connectivity index is 1.19. The normalized spacial score (nSPS) is 14.9. The molecule has 1 fully saturated rings. The molecule has 0 saturated carbocycles. The Morgan fingerprint density at radius 1 is 1.10 bits per heavy atom. The average Bonchev–Trinajstić information content (AvgIpc) is 3.38. The summed E-state index contributed by atoms with van der Waals surface area (Å²) in [5.41, 5.74) is 1.27. The molecule has 0 spiro atoms. The largest absolute Gasteiger partial charge is 0.493 e. The number of benzene rings is 1. The number of aliphatic hydroxyl groups excluding tert-OH is 1. The van der Waals surface area contributed by atoms with Crippen molar-refractivity contribution in [3.8, 4) is 16.9 Å². The molecule has 40 heavy (non-hydrogen) atoms. The number of ether oxygens (including phenoxy) is 1. The molecule has 0 bridgehead atoms. The predicted molar refractivity (Wildman–Crippen MR) is 148 cm³/mol. The summed E-state index contributed by atoms with van der Waals surface area (Å²) in [6.45, 7) is 8.62. The summed E-state index contributed by atoms with van der Waals surface area (Å²) in [6, 6.07) is 2.03. The molecular weight excluding hydrogens is 518 g/mol. The van der Waals surface area contributed by atoms with Gasteiger partial charge in [-0.05, 0) is 44.4 Å². The molecule has 1 aromatic carbocycles. The van der Waals surface area contributed by atoms with Crippen molar-refractivity contribution in [2.75, 3.05) is 31.1 Å². The van der Waals surface area contributed by atoms with Gasteiger partial charge in [0.05, 0.1) is 18.9 Å². The molecule has 2 aromatic heterocycles. The second-order valence-corrected chi connectivity index (χ2v) is 10.9. The van der Waals surface area contributed by atoms with Crippen LogP contribution < -0.4 is 15.0 Å². The van der Waals surface area contributed by atoms with Crippen LogP contribution in [0.15, 0.2) is 36.9 Å². The molecule has 1 amide bonds. The van der Waals surface area contributed by atoms with Crippen molar-refractivity contribution in [2.24, 2.45) is 11.8 Å². The highest BCUT2D eigenvalue weighted by molar-refractivity contribution is 5.94. The van der Waals surface area contributed by atoms with E-state index in [0.29, 0.717) is 18.4 Å². The van der Waals surface area contributed by atoms with Crippen molar-refractivity contribution in [2.45, 2.75) is 59.1 Å². The van der Waals surface area contributed by atoms with Gasteiger partial charge in [-0.2, -0.15) is 5.10 Å². The summed E-state index contributed by atoms with van der Waals surface area (Å²) in [5, 5.41) is 16.0. The van der Waals surface area contributed by atoms with Crippen LogP contribution in [0.25, 0.3) is 11.1 Å². The first-order chi connectivity index (χ1) is 19.2. The van der Waals surface area contributed by atoms with Crippen molar-refractivity contribution in [3.63, 3.8) is 0 Å². The van der Waals surface area contributed by atoms with Crippen LogP contribution in [0.2, 0.25) is 0 Å². The van der Waals surface area contributed by atoms with Crippen LogP contribution in [-0.4, -0.2) is 63.1 Å². The van der Waals surface area contributed by atoms with Gasteiger partial charge in [-0.3, -0.25) is 9.48 Å². The van der Waals surface area contributed by atoms with Crippen molar-refractivity contribution >= 4 is 11.9 Å². The number of carbonyl (C=O) groups is 1. The van der Waals surface area contributed by atoms with Crippen LogP contribution in [0.3, 0.4) is 0 Å². The third kappa shape index (κ3) is 7.97. The minimum Gasteiger partial charge on any atom is -0.493 e. The Hall–Kier alpha value is -3.60. The number of aromatic nitrogens is 4. The number of halogens is 2. The number of nitrogens with zero attached hydrogens (tertiary/aromatic N) is 5. The van der Waals surface area contributed by atoms with Gasteiger partial charge < -0.3 is 20.1 Å². The Morgan fingerprint density at radius 2 is 1.77 bits per heavy atom. The van der Waals surface area contributed by atoms with Crippen LogP contribution in [0.1, 0.15) is 56.8 Å². The zero-order valence-electron chi connectivity index (χ0n) is 23.3. The van der Waals surface area contributed by atoms with E-state index in [1.54, 1.807) is 0 Å². The van der Waals surface area contributed by atoms with Crippen molar-refractivity contribution in [3.05, 3.63) is 54.1 Å². The maximum Gasteiger partial charge on any atom is 0.257 e. The molecule has 0 unspecified atom stereocenters. The maximum atomic E-state index is 14.4. The van der Waals surface area contributed by atoms with E-state index in [9.17, 15) is 18.7 Å². The highest BCUT2D eigenvalue weighted by Gasteiger charge is 2.22. The highest BCUT2D eigenvalue weighted by atomic mass is 19.1. The third-order valence-corrected chi connectivity index (χ3v) is 6.88. The Labute approximate surface area is 233 Å². The number of hydrogen-bond donors (Lipinski definition) is 2. The second kappa shape index (κ2) is 13.6. The van der Waals surface area contributed by atoms with Crippen molar-refractivity contribution in [1.29, 1.82) is 0 Å². The van der Waals surface area contributed by atoms with Gasteiger partial charge in [0.25, 0.3) is 5.91 Å². The Morgan fingerprint density at radius 3 is 2.40 bits per heavy atom. The zero-order chi connectivity index (χ0) is 28.6. The summed E-state index contributed by atoms with van der Waals surface area (Å²) >= 11 is 0. The van der Waals surface area contributed by atoms with E-state index < -0.39 is 29.2 Å². The molecule has 1 saturated heterocycles. The van der Waals surface area contributed by atoms with E-state index in [0.717, 1.165) is 74.5 Å². The van der Waals surface area contributed by atoms with E-state index in [4.69, 9.17) is 4.74 Å². The molecule has 0 aliphatic carbocycles. The first kappa shape index (κ1) is 29.4. The Bertz CT molecular complexity index is 1230. The average molecular weight is 557 g/mol. The summed E-state index contributed by atoms with van der Waals surface area (Å²) in [4.78, 5) is 23.4. The highest BCUT2D eigenvalue weighted by Crippen LogP contribution is 2.26. The molecule has 4 rings (SSSR count).